The average molecular weight is 410 g/mol. The molecule has 0 aromatic heterocycles. The normalized spacial score (nSPS) is 39.7. The molecule has 9 heteroatoms. The summed E-state index contributed by atoms with van der Waals surface area (Å²) in [4.78, 5) is 24.0. The van der Waals surface area contributed by atoms with Gasteiger partial charge in [0.05, 0.1) is 0 Å². The highest BCUT2D eigenvalue weighted by Crippen LogP contribution is 2.50. The highest BCUT2D eigenvalue weighted by molar-refractivity contribution is 5.84. The summed E-state index contributed by atoms with van der Waals surface area (Å²) in [6.45, 7) is 1.33. The largest absolute Gasteiger partial charge is 0.341 e. The maximum atomic E-state index is 12.8. The molecule has 3 heterocycles. The van der Waals surface area contributed by atoms with Gasteiger partial charge in [0.25, 0.3) is 5.91 Å². The third-order valence-electron chi connectivity index (χ3n) is 6.73. The molecular formula is C20H30N2O7. The molecule has 3 saturated heterocycles. The fourth-order valence-corrected chi connectivity index (χ4v) is 5.39. The zero-order chi connectivity index (χ0) is 20.1. The van der Waals surface area contributed by atoms with Crippen molar-refractivity contribution in [3.63, 3.8) is 0 Å². The van der Waals surface area contributed by atoms with Gasteiger partial charge in [0.15, 0.2) is 24.0 Å². The van der Waals surface area contributed by atoms with Crippen molar-refractivity contribution in [3.05, 3.63) is 0 Å². The smallest absolute Gasteiger partial charge is 0.270 e. The number of hydrazine groups is 1. The fourth-order valence-electron chi connectivity index (χ4n) is 5.39. The Morgan fingerprint density at radius 2 is 1.28 bits per heavy atom. The van der Waals surface area contributed by atoms with Gasteiger partial charge in [-0.05, 0) is 25.7 Å². The van der Waals surface area contributed by atoms with Crippen molar-refractivity contribution >= 4 is 11.8 Å². The van der Waals surface area contributed by atoms with E-state index in [4.69, 9.17) is 23.7 Å². The third-order valence-corrected chi connectivity index (χ3v) is 6.73. The second kappa shape index (κ2) is 7.46. The molecule has 0 radical (unpaired) electrons. The summed E-state index contributed by atoms with van der Waals surface area (Å²) >= 11 is 0. The molecule has 5 fully saturated rings. The van der Waals surface area contributed by atoms with Crippen LogP contribution in [-0.4, -0.2) is 54.1 Å². The van der Waals surface area contributed by atoms with Crippen LogP contribution in [0.15, 0.2) is 0 Å². The maximum absolute atomic E-state index is 12.8. The number of ether oxygens (including phenoxy) is 5. The molecule has 5 rings (SSSR count). The molecule has 9 nitrogen and oxygen atoms in total. The van der Waals surface area contributed by atoms with Gasteiger partial charge < -0.3 is 23.7 Å². The Balaban J connectivity index is 1.39. The van der Waals surface area contributed by atoms with Crippen molar-refractivity contribution in [2.75, 3.05) is 0 Å². The summed E-state index contributed by atoms with van der Waals surface area (Å²) in [6, 6.07) is 0. The van der Waals surface area contributed by atoms with Crippen molar-refractivity contribution in [1.29, 1.82) is 0 Å². The number of amides is 2. The lowest BCUT2D eigenvalue weighted by atomic mass is 9.94. The van der Waals surface area contributed by atoms with Crippen LogP contribution in [0.5, 0.6) is 0 Å². The predicted molar refractivity (Wildman–Crippen MR) is 98.0 cm³/mol. The van der Waals surface area contributed by atoms with Crippen LogP contribution in [0.2, 0.25) is 0 Å². The van der Waals surface area contributed by atoms with Crippen LogP contribution >= 0.6 is 0 Å². The van der Waals surface area contributed by atoms with Crippen LogP contribution < -0.4 is 10.9 Å². The SMILES string of the molecule is CC(=O)NNC(=O)C1OC2OC3(CCCCC3)OC2C2OC3(CCCCC3)OC12. The third kappa shape index (κ3) is 3.57. The second-order valence-electron chi connectivity index (χ2n) is 8.90. The van der Waals surface area contributed by atoms with Crippen LogP contribution in [0.3, 0.4) is 0 Å². The minimum absolute atomic E-state index is 0.363. The van der Waals surface area contributed by atoms with Gasteiger partial charge in [-0.3, -0.25) is 20.4 Å². The van der Waals surface area contributed by atoms with Crippen LogP contribution in [0, 0.1) is 0 Å². The Kier molecular flexibility index (Phi) is 5.06. The summed E-state index contributed by atoms with van der Waals surface area (Å²) < 4.78 is 31.6. The molecule has 5 unspecified atom stereocenters. The Morgan fingerprint density at radius 3 is 1.90 bits per heavy atom. The highest BCUT2D eigenvalue weighted by Gasteiger charge is 2.65. The van der Waals surface area contributed by atoms with Gasteiger partial charge in [-0.2, -0.15) is 0 Å². The van der Waals surface area contributed by atoms with E-state index in [9.17, 15) is 9.59 Å². The van der Waals surface area contributed by atoms with E-state index in [1.165, 1.54) is 13.3 Å². The molecular weight excluding hydrogens is 380 g/mol. The Morgan fingerprint density at radius 1 is 0.724 bits per heavy atom. The lowest BCUT2D eigenvalue weighted by molar-refractivity contribution is -0.247. The minimum Gasteiger partial charge on any atom is -0.341 e. The van der Waals surface area contributed by atoms with Crippen LogP contribution in [0.25, 0.3) is 0 Å². The van der Waals surface area contributed by atoms with Gasteiger partial charge in [0, 0.05) is 32.6 Å². The topological polar surface area (TPSA) is 104 Å². The van der Waals surface area contributed by atoms with E-state index in [0.29, 0.717) is 0 Å². The standard InChI is InChI=1S/C20H30N2O7/c1-12(23)21-22-17(24)15-13-14(27-19(26-13)8-4-2-5-9-19)16-18(25-15)29-20(28-16)10-6-3-7-11-20/h13-16,18H,2-11H2,1H3,(H,21,23)(H,22,24). The van der Waals surface area contributed by atoms with Crippen LogP contribution in [-0.2, 0) is 33.3 Å². The quantitative estimate of drug-likeness (QED) is 0.630. The van der Waals surface area contributed by atoms with Gasteiger partial charge >= 0.3 is 0 Å². The monoisotopic (exact) mass is 410 g/mol. The van der Waals surface area contributed by atoms with E-state index in [1.807, 2.05) is 0 Å². The van der Waals surface area contributed by atoms with Crippen molar-refractivity contribution in [3.8, 4) is 0 Å². The number of fused-ring (bicyclic) bond motifs is 3. The number of hydrogen-bond acceptors (Lipinski definition) is 7. The molecule has 5 aliphatic rings. The van der Waals surface area contributed by atoms with Gasteiger partial charge in [0.1, 0.15) is 18.3 Å². The summed E-state index contributed by atoms with van der Waals surface area (Å²) in [5, 5.41) is 0. The van der Waals surface area contributed by atoms with Crippen molar-refractivity contribution in [1.82, 2.24) is 10.9 Å². The molecule has 5 atom stereocenters. The molecule has 162 valence electrons. The number of carbonyl (C=O) groups excluding carboxylic acids is 2. The molecule has 0 aromatic carbocycles. The Hall–Kier alpha value is -1.26. The van der Waals surface area contributed by atoms with E-state index in [-0.39, 0.29) is 5.91 Å². The number of nitrogens with one attached hydrogen (secondary N) is 2. The average Bonchev–Trinajstić information content (AvgIpc) is 3.24. The zero-order valence-electron chi connectivity index (χ0n) is 16.8. The summed E-state index contributed by atoms with van der Waals surface area (Å²) in [5.41, 5.74) is 4.73. The van der Waals surface area contributed by atoms with E-state index in [0.717, 1.165) is 57.8 Å². The van der Waals surface area contributed by atoms with Crippen molar-refractivity contribution in [2.24, 2.45) is 0 Å². The van der Waals surface area contributed by atoms with Crippen molar-refractivity contribution in [2.45, 2.75) is 113 Å². The number of carbonyl (C=O) groups is 2. The predicted octanol–water partition coefficient (Wildman–Crippen LogP) is 1.40. The molecule has 2 aliphatic carbocycles. The molecule has 0 aromatic rings. The Bertz CT molecular complexity index is 659. The number of rotatable bonds is 1. The molecule has 2 N–H and O–H groups in total. The maximum Gasteiger partial charge on any atom is 0.270 e. The van der Waals surface area contributed by atoms with Crippen LogP contribution in [0.4, 0.5) is 0 Å². The lowest BCUT2D eigenvalue weighted by Gasteiger charge is -2.36. The molecule has 3 aliphatic heterocycles. The van der Waals surface area contributed by atoms with Crippen molar-refractivity contribution < 1.29 is 33.3 Å². The first-order valence-corrected chi connectivity index (χ1v) is 10.9. The van der Waals surface area contributed by atoms with Gasteiger partial charge in [-0.25, -0.2) is 0 Å². The highest BCUT2D eigenvalue weighted by atomic mass is 16.9. The summed E-state index contributed by atoms with van der Waals surface area (Å²) in [6.07, 6.45) is 6.57. The van der Waals surface area contributed by atoms with Crippen LogP contribution in [0.1, 0.15) is 71.1 Å². The van der Waals surface area contributed by atoms with Gasteiger partial charge in [0.2, 0.25) is 5.91 Å². The van der Waals surface area contributed by atoms with Gasteiger partial charge in [-0.1, -0.05) is 12.8 Å². The second-order valence-corrected chi connectivity index (χ2v) is 8.90. The molecule has 2 spiro atoms. The van der Waals surface area contributed by atoms with E-state index in [1.54, 1.807) is 0 Å². The van der Waals surface area contributed by atoms with E-state index < -0.39 is 48.2 Å². The van der Waals surface area contributed by atoms with Gasteiger partial charge in [-0.15, -0.1) is 0 Å². The molecule has 2 amide bonds. The summed E-state index contributed by atoms with van der Waals surface area (Å²) in [7, 11) is 0. The Labute approximate surface area is 170 Å². The summed E-state index contributed by atoms with van der Waals surface area (Å²) in [5.74, 6) is -2.19. The minimum atomic E-state index is -0.947. The molecule has 0 bridgehead atoms. The zero-order valence-corrected chi connectivity index (χ0v) is 16.8. The first-order valence-electron chi connectivity index (χ1n) is 10.9. The first kappa shape index (κ1) is 19.7. The molecule has 29 heavy (non-hydrogen) atoms. The van der Waals surface area contributed by atoms with E-state index in [2.05, 4.69) is 10.9 Å². The number of hydrogen-bond donors (Lipinski definition) is 2. The fraction of sp³-hybridized carbons (Fsp3) is 0.900. The first-order chi connectivity index (χ1) is 14.0. The molecule has 2 saturated carbocycles. The lowest BCUT2D eigenvalue weighted by Crippen LogP contribution is -2.61. The van der Waals surface area contributed by atoms with E-state index >= 15 is 0 Å².